The Morgan fingerprint density at radius 1 is 0.887 bits per heavy atom. The van der Waals surface area contributed by atoms with Crippen LogP contribution in [0.5, 0.6) is 11.5 Å². The van der Waals surface area contributed by atoms with Crippen molar-refractivity contribution in [3.8, 4) is 22.6 Å². The van der Waals surface area contributed by atoms with E-state index < -0.39 is 29.7 Å². The van der Waals surface area contributed by atoms with Gasteiger partial charge in [-0.25, -0.2) is 4.79 Å². The summed E-state index contributed by atoms with van der Waals surface area (Å²) in [5, 5.41) is 4.93. The number of hydrogen-bond donors (Lipinski definition) is 2. The summed E-state index contributed by atoms with van der Waals surface area (Å²) >= 11 is 0. The highest BCUT2D eigenvalue weighted by Gasteiger charge is 2.50. The van der Waals surface area contributed by atoms with Crippen LogP contribution in [0.15, 0.2) is 41.3 Å². The number of anilines is 1. The van der Waals surface area contributed by atoms with Crippen LogP contribution in [-0.4, -0.2) is 132 Å². The predicted molar refractivity (Wildman–Crippen MR) is 230 cm³/mol. The van der Waals surface area contributed by atoms with E-state index in [9.17, 15) is 28.8 Å². The van der Waals surface area contributed by atoms with Crippen molar-refractivity contribution in [2.45, 2.75) is 70.6 Å². The Bertz CT molecular complexity index is 2420. The number of fused-ring (bicyclic) bond motifs is 2. The molecule has 4 fully saturated rings. The number of aromatic nitrogens is 1. The fraction of sp³-hybridized carbons (Fsp3) is 0.522. The van der Waals surface area contributed by atoms with Crippen LogP contribution in [0.2, 0.25) is 0 Å². The highest BCUT2D eigenvalue weighted by Crippen LogP contribution is 2.47. The van der Waals surface area contributed by atoms with Gasteiger partial charge in [-0.15, -0.1) is 0 Å². The summed E-state index contributed by atoms with van der Waals surface area (Å²) in [6.07, 6.45) is 4.84. The van der Waals surface area contributed by atoms with Gasteiger partial charge in [0.2, 0.25) is 11.8 Å². The SMILES string of the molecule is CNC(=O)N1CCc2c(-c3cc(OC)c(CN4CC(C(C)(C)N5CCC6(CC5)CN(c5ccc7c(c5)C(=O)N(C5CCC(=O)NC5=O)C7=O)C6)C4)c(OC)c3)cn(C)c(=O)c2C1. The second-order valence-electron chi connectivity index (χ2n) is 18.6. The summed E-state index contributed by atoms with van der Waals surface area (Å²) in [7, 11) is 6.70. The number of carbonyl (C=O) groups is 5. The van der Waals surface area contributed by atoms with Crippen molar-refractivity contribution in [3.05, 3.63) is 74.7 Å². The van der Waals surface area contributed by atoms with E-state index >= 15 is 0 Å². The number of benzene rings is 2. The second-order valence-corrected chi connectivity index (χ2v) is 18.6. The molecule has 4 saturated heterocycles. The summed E-state index contributed by atoms with van der Waals surface area (Å²) in [4.78, 5) is 86.5. The van der Waals surface area contributed by atoms with Gasteiger partial charge in [0.1, 0.15) is 17.5 Å². The normalized spacial score (nSPS) is 21.6. The first-order chi connectivity index (χ1) is 29.6. The molecule has 0 aliphatic carbocycles. The number of nitrogens with one attached hydrogen (secondary N) is 2. The number of hydrogen-bond acceptors (Lipinski definition) is 11. The van der Waals surface area contributed by atoms with E-state index in [0.29, 0.717) is 42.1 Å². The van der Waals surface area contributed by atoms with Gasteiger partial charge in [-0.05, 0) is 94.1 Å². The first-order valence-corrected chi connectivity index (χ1v) is 21.7. The number of urea groups is 1. The number of amides is 6. The van der Waals surface area contributed by atoms with Gasteiger partial charge in [-0.2, -0.15) is 0 Å². The first-order valence-electron chi connectivity index (χ1n) is 21.7. The number of pyridine rings is 1. The molecule has 1 atom stereocenters. The van der Waals surface area contributed by atoms with Gasteiger partial charge in [-0.1, -0.05) is 0 Å². The van der Waals surface area contributed by atoms with Crippen LogP contribution >= 0.6 is 0 Å². The van der Waals surface area contributed by atoms with Crippen molar-refractivity contribution >= 4 is 35.3 Å². The van der Waals surface area contributed by atoms with Crippen LogP contribution in [-0.2, 0) is 36.1 Å². The molecule has 3 aromatic rings. The Kier molecular flexibility index (Phi) is 10.4. The van der Waals surface area contributed by atoms with Crippen LogP contribution in [0.1, 0.15) is 76.9 Å². The molecular formula is C46H56N8O8. The number of nitrogens with zero attached hydrogens (tertiary/aromatic N) is 6. The molecule has 16 nitrogen and oxygen atoms in total. The number of methoxy groups -OCH3 is 2. The zero-order chi connectivity index (χ0) is 43.8. The highest BCUT2D eigenvalue weighted by atomic mass is 16.5. The smallest absolute Gasteiger partial charge is 0.317 e. The first kappa shape index (κ1) is 41.6. The molecule has 2 aromatic carbocycles. The maximum atomic E-state index is 13.4. The molecule has 16 heteroatoms. The van der Waals surface area contributed by atoms with Crippen LogP contribution in [0.3, 0.4) is 0 Å². The number of piperidine rings is 2. The number of ether oxygens (including phenoxy) is 2. The lowest BCUT2D eigenvalue weighted by Crippen LogP contribution is -2.66. The lowest BCUT2D eigenvalue weighted by atomic mass is 9.70. The standard InChI is InChI=1S/C46H56N8O8/c1-45(2,53-15-12-46(13-16-53)25-52(26-46)29-7-8-31-32(19-29)43(59)54(42(31)58)36-9-10-39(55)48-40(36)56)28-20-50(21-28)23-35-37(61-5)17-27(18-38(35)62-6)33-22-49(4)41(57)34-24-51(44(60)47-3)14-11-30(33)34/h7-8,17-19,22,28,36H,9-16,20-21,23-26H2,1-6H3,(H,47,60)(H,48,55,56). The third-order valence-electron chi connectivity index (χ3n) is 14.8. The van der Waals surface area contributed by atoms with Gasteiger partial charge in [0.05, 0.1) is 37.5 Å². The molecule has 62 heavy (non-hydrogen) atoms. The molecule has 328 valence electrons. The quantitative estimate of drug-likeness (QED) is 0.304. The van der Waals surface area contributed by atoms with Crippen molar-refractivity contribution in [1.82, 2.24) is 34.8 Å². The monoisotopic (exact) mass is 848 g/mol. The predicted octanol–water partition coefficient (Wildman–Crippen LogP) is 2.98. The molecule has 7 heterocycles. The van der Waals surface area contributed by atoms with Gasteiger partial charge in [0.25, 0.3) is 17.4 Å². The molecule has 2 N–H and O–H groups in total. The molecular weight excluding hydrogens is 793 g/mol. The van der Waals surface area contributed by atoms with Crippen LogP contribution < -0.4 is 30.6 Å². The van der Waals surface area contributed by atoms with E-state index in [-0.39, 0.29) is 41.9 Å². The van der Waals surface area contributed by atoms with E-state index in [1.807, 2.05) is 24.4 Å². The third-order valence-corrected chi connectivity index (χ3v) is 14.8. The van der Waals surface area contributed by atoms with E-state index in [1.165, 1.54) is 0 Å². The van der Waals surface area contributed by atoms with Crippen molar-refractivity contribution in [3.63, 3.8) is 0 Å². The van der Waals surface area contributed by atoms with Crippen LogP contribution in [0.4, 0.5) is 10.5 Å². The minimum Gasteiger partial charge on any atom is -0.496 e. The average molecular weight is 849 g/mol. The molecule has 0 bridgehead atoms. The van der Waals surface area contributed by atoms with Crippen molar-refractivity contribution in [1.29, 1.82) is 0 Å². The number of rotatable bonds is 9. The third kappa shape index (κ3) is 6.91. The Labute approximate surface area is 361 Å². The van der Waals surface area contributed by atoms with Gasteiger partial charge >= 0.3 is 6.03 Å². The largest absolute Gasteiger partial charge is 0.496 e. The summed E-state index contributed by atoms with van der Waals surface area (Å²) in [5.41, 5.74) is 6.04. The Balaban J connectivity index is 0.809. The van der Waals surface area contributed by atoms with E-state index in [2.05, 4.69) is 39.2 Å². The molecule has 1 unspecified atom stereocenters. The number of aryl methyl sites for hydroxylation is 1. The summed E-state index contributed by atoms with van der Waals surface area (Å²) in [5.74, 6) is -0.00364. The number of likely N-dealkylation sites (tertiary alicyclic amines) is 2. The lowest BCUT2D eigenvalue weighted by molar-refractivity contribution is -0.136. The number of imide groups is 2. The van der Waals surface area contributed by atoms with Gasteiger partial charge < -0.3 is 29.2 Å². The Morgan fingerprint density at radius 2 is 1.56 bits per heavy atom. The van der Waals surface area contributed by atoms with Crippen LogP contribution in [0.25, 0.3) is 11.1 Å². The molecule has 6 amide bonds. The maximum Gasteiger partial charge on any atom is 0.317 e. The Morgan fingerprint density at radius 3 is 2.21 bits per heavy atom. The molecule has 9 rings (SSSR count). The van der Waals surface area contributed by atoms with E-state index in [1.54, 1.807) is 49.9 Å². The fourth-order valence-electron chi connectivity index (χ4n) is 10.8. The number of carbonyl (C=O) groups excluding carboxylic acids is 5. The average Bonchev–Trinajstić information content (AvgIpc) is 3.49. The molecule has 6 aliphatic heterocycles. The van der Waals surface area contributed by atoms with Gasteiger partial charge in [-0.3, -0.25) is 44.0 Å². The zero-order valence-electron chi connectivity index (χ0n) is 36.5. The molecule has 0 saturated carbocycles. The van der Waals surface area contributed by atoms with Crippen LogP contribution in [0, 0.1) is 11.3 Å². The zero-order valence-corrected chi connectivity index (χ0v) is 36.5. The van der Waals surface area contributed by atoms with E-state index in [4.69, 9.17) is 9.47 Å². The summed E-state index contributed by atoms with van der Waals surface area (Å²) in [6.45, 7) is 11.9. The van der Waals surface area contributed by atoms with Crippen molar-refractivity contribution in [2.75, 3.05) is 72.0 Å². The Hall–Kier alpha value is -5.74. The minimum atomic E-state index is -0.975. The molecule has 0 radical (unpaired) electrons. The summed E-state index contributed by atoms with van der Waals surface area (Å²) < 4.78 is 13.6. The van der Waals surface area contributed by atoms with Gasteiger partial charge in [0.15, 0.2) is 0 Å². The highest BCUT2D eigenvalue weighted by molar-refractivity contribution is 6.23. The van der Waals surface area contributed by atoms with E-state index in [0.717, 1.165) is 96.5 Å². The lowest BCUT2D eigenvalue weighted by Gasteiger charge is -2.59. The molecule has 6 aliphatic rings. The topological polar surface area (TPSA) is 166 Å². The molecule has 1 spiro atoms. The summed E-state index contributed by atoms with van der Waals surface area (Å²) in [6, 6.07) is 8.29. The van der Waals surface area contributed by atoms with Crippen molar-refractivity contribution < 1.29 is 33.4 Å². The van der Waals surface area contributed by atoms with Gasteiger partial charge in [0, 0.05) is 99.7 Å². The minimum absolute atomic E-state index is 0.0105. The fourth-order valence-corrected chi connectivity index (χ4v) is 10.8. The maximum absolute atomic E-state index is 13.4. The second kappa shape index (κ2) is 15.6. The van der Waals surface area contributed by atoms with Crippen molar-refractivity contribution in [2.24, 2.45) is 18.4 Å². The molecule has 1 aromatic heterocycles.